The van der Waals surface area contributed by atoms with Crippen molar-refractivity contribution in [2.45, 2.75) is 36.5 Å². The molecular formula is C19H19F3N2O4S. The molecule has 2 aromatic carbocycles. The summed E-state index contributed by atoms with van der Waals surface area (Å²) in [5.74, 6) is -0.527. The van der Waals surface area contributed by atoms with Crippen molar-refractivity contribution < 1.29 is 31.1 Å². The molecule has 1 aliphatic rings. The lowest BCUT2D eigenvalue weighted by Gasteiger charge is -2.13. The molecule has 1 saturated carbocycles. The Balaban J connectivity index is 1.77. The van der Waals surface area contributed by atoms with Crippen LogP contribution in [0.5, 0.6) is 5.75 Å². The fourth-order valence-corrected chi connectivity index (χ4v) is 4.15. The molecule has 10 heteroatoms. The smallest absolute Gasteiger partial charge is 0.416 e. The van der Waals surface area contributed by atoms with Gasteiger partial charge in [0.2, 0.25) is 10.0 Å². The molecule has 29 heavy (non-hydrogen) atoms. The van der Waals surface area contributed by atoms with Gasteiger partial charge < -0.3 is 10.1 Å². The van der Waals surface area contributed by atoms with E-state index in [0.717, 1.165) is 25.0 Å². The maximum atomic E-state index is 12.8. The fourth-order valence-electron chi connectivity index (χ4n) is 2.65. The van der Waals surface area contributed by atoms with Gasteiger partial charge in [0, 0.05) is 18.2 Å². The van der Waals surface area contributed by atoms with E-state index in [2.05, 4.69) is 10.0 Å². The van der Waals surface area contributed by atoms with Crippen LogP contribution in [0.25, 0.3) is 0 Å². The van der Waals surface area contributed by atoms with Crippen molar-refractivity contribution in [1.29, 1.82) is 0 Å². The second kappa shape index (κ2) is 8.03. The zero-order valence-electron chi connectivity index (χ0n) is 15.4. The Morgan fingerprint density at radius 1 is 1.17 bits per heavy atom. The normalized spacial score (nSPS) is 14.5. The van der Waals surface area contributed by atoms with Crippen LogP contribution in [-0.4, -0.2) is 27.5 Å². The van der Waals surface area contributed by atoms with E-state index in [-0.39, 0.29) is 34.4 Å². The Hall–Kier alpha value is -2.59. The van der Waals surface area contributed by atoms with E-state index in [0.29, 0.717) is 0 Å². The highest BCUT2D eigenvalue weighted by Gasteiger charge is 2.31. The van der Waals surface area contributed by atoms with Crippen molar-refractivity contribution in [3.63, 3.8) is 0 Å². The predicted molar refractivity (Wildman–Crippen MR) is 99.0 cm³/mol. The number of alkyl halides is 3. The number of amides is 1. The summed E-state index contributed by atoms with van der Waals surface area (Å²) in [4.78, 5) is 12.3. The zero-order valence-corrected chi connectivity index (χ0v) is 16.2. The first-order valence-corrected chi connectivity index (χ1v) is 10.2. The number of carbonyl (C=O) groups excluding carboxylic acids is 1. The monoisotopic (exact) mass is 428 g/mol. The first-order chi connectivity index (χ1) is 13.6. The lowest BCUT2D eigenvalue weighted by Crippen LogP contribution is -2.27. The van der Waals surface area contributed by atoms with Gasteiger partial charge in [0.15, 0.2) is 0 Å². The van der Waals surface area contributed by atoms with Crippen molar-refractivity contribution in [2.24, 2.45) is 0 Å². The number of hydrogen-bond donors (Lipinski definition) is 2. The highest BCUT2D eigenvalue weighted by molar-refractivity contribution is 7.89. The molecule has 1 fully saturated rings. The first-order valence-electron chi connectivity index (χ1n) is 8.75. The van der Waals surface area contributed by atoms with Crippen LogP contribution in [0.3, 0.4) is 0 Å². The predicted octanol–water partition coefficient (Wildman–Crippen LogP) is 3.08. The quantitative estimate of drug-likeness (QED) is 0.710. The van der Waals surface area contributed by atoms with E-state index < -0.39 is 27.7 Å². The maximum Gasteiger partial charge on any atom is 0.416 e. The van der Waals surface area contributed by atoms with Crippen LogP contribution in [0.4, 0.5) is 13.2 Å². The van der Waals surface area contributed by atoms with Crippen LogP contribution in [-0.2, 0) is 22.7 Å². The minimum atomic E-state index is -4.48. The largest absolute Gasteiger partial charge is 0.495 e. The Morgan fingerprint density at radius 2 is 1.90 bits per heavy atom. The summed E-state index contributed by atoms with van der Waals surface area (Å²) in [6.07, 6.45) is -2.98. The molecule has 0 heterocycles. The number of halogens is 3. The van der Waals surface area contributed by atoms with Crippen molar-refractivity contribution in [2.75, 3.05) is 7.11 Å². The second-order valence-corrected chi connectivity index (χ2v) is 8.32. The third kappa shape index (κ3) is 5.27. The number of ether oxygens (including phenoxy) is 1. The molecule has 2 N–H and O–H groups in total. The van der Waals surface area contributed by atoms with Crippen LogP contribution in [0.1, 0.15) is 34.3 Å². The second-order valence-electron chi connectivity index (χ2n) is 6.64. The molecule has 0 saturated heterocycles. The minimum absolute atomic E-state index is 0.0500. The van der Waals surface area contributed by atoms with E-state index >= 15 is 0 Å². The molecule has 0 unspecified atom stereocenters. The van der Waals surface area contributed by atoms with Crippen LogP contribution >= 0.6 is 0 Å². The average molecular weight is 428 g/mol. The Bertz CT molecular complexity index is 1020. The number of sulfonamides is 1. The van der Waals surface area contributed by atoms with Gasteiger partial charge in [-0.3, -0.25) is 4.79 Å². The summed E-state index contributed by atoms with van der Waals surface area (Å²) in [5.41, 5.74) is -0.493. The lowest BCUT2D eigenvalue weighted by molar-refractivity contribution is -0.137. The standard InChI is InChI=1S/C19H19F3N2O4S/c1-28-16-8-5-13(10-17(16)29(26,27)24-15-6-7-15)18(25)23-11-12-3-2-4-14(9-12)19(20,21)22/h2-5,8-10,15,24H,6-7,11H2,1H3,(H,23,25). The van der Waals surface area contributed by atoms with E-state index in [1.807, 2.05) is 0 Å². The minimum Gasteiger partial charge on any atom is -0.495 e. The summed E-state index contributed by atoms with van der Waals surface area (Å²) in [5, 5.41) is 2.50. The maximum absolute atomic E-state index is 12.8. The van der Waals surface area contributed by atoms with Crippen molar-refractivity contribution >= 4 is 15.9 Å². The fraction of sp³-hybridized carbons (Fsp3) is 0.316. The highest BCUT2D eigenvalue weighted by atomic mass is 32.2. The zero-order chi connectivity index (χ0) is 21.2. The average Bonchev–Trinajstić information content (AvgIpc) is 3.48. The Kier molecular flexibility index (Phi) is 5.85. The van der Waals surface area contributed by atoms with Gasteiger partial charge in [-0.2, -0.15) is 13.2 Å². The van der Waals surface area contributed by atoms with Gasteiger partial charge in [0.1, 0.15) is 10.6 Å². The summed E-state index contributed by atoms with van der Waals surface area (Å²) < 4.78 is 71.0. The highest BCUT2D eigenvalue weighted by Crippen LogP contribution is 2.30. The van der Waals surface area contributed by atoms with Gasteiger partial charge in [-0.15, -0.1) is 0 Å². The molecule has 0 bridgehead atoms. The molecule has 0 aromatic heterocycles. The topological polar surface area (TPSA) is 84.5 Å². The summed E-state index contributed by atoms with van der Waals surface area (Å²) in [6, 6.07) is 8.42. The molecule has 6 nitrogen and oxygen atoms in total. The van der Waals surface area contributed by atoms with Crippen molar-refractivity contribution in [3.8, 4) is 5.75 Å². The molecule has 0 atom stereocenters. The van der Waals surface area contributed by atoms with Crippen LogP contribution in [0, 0.1) is 0 Å². The Labute approximate surface area is 166 Å². The molecule has 1 amide bonds. The SMILES string of the molecule is COc1ccc(C(=O)NCc2cccc(C(F)(F)F)c2)cc1S(=O)(=O)NC1CC1. The Morgan fingerprint density at radius 3 is 2.52 bits per heavy atom. The van der Waals surface area contributed by atoms with Crippen molar-refractivity contribution in [1.82, 2.24) is 10.0 Å². The molecule has 0 spiro atoms. The van der Waals surface area contributed by atoms with Gasteiger partial charge in [-0.1, -0.05) is 12.1 Å². The third-order valence-electron chi connectivity index (χ3n) is 4.32. The van der Waals surface area contributed by atoms with Crippen LogP contribution in [0.2, 0.25) is 0 Å². The van der Waals surface area contributed by atoms with Crippen LogP contribution < -0.4 is 14.8 Å². The number of rotatable bonds is 7. The number of methoxy groups -OCH3 is 1. The number of benzene rings is 2. The summed E-state index contributed by atoms with van der Waals surface area (Å²) in [7, 11) is -2.55. The van der Waals surface area contributed by atoms with Gasteiger partial charge in [-0.25, -0.2) is 13.1 Å². The lowest BCUT2D eigenvalue weighted by atomic mass is 10.1. The number of carbonyl (C=O) groups is 1. The molecule has 3 rings (SSSR count). The van der Waals surface area contributed by atoms with E-state index in [9.17, 15) is 26.4 Å². The molecule has 0 radical (unpaired) electrons. The molecule has 1 aliphatic carbocycles. The number of hydrogen-bond acceptors (Lipinski definition) is 4. The summed E-state index contributed by atoms with van der Waals surface area (Å²) in [6.45, 7) is -0.142. The molecular weight excluding hydrogens is 409 g/mol. The van der Waals surface area contributed by atoms with E-state index in [1.54, 1.807) is 0 Å². The third-order valence-corrected chi connectivity index (χ3v) is 5.86. The first kappa shape index (κ1) is 21.1. The van der Waals surface area contributed by atoms with E-state index in [1.165, 1.54) is 37.4 Å². The van der Waals surface area contributed by atoms with E-state index in [4.69, 9.17) is 4.74 Å². The molecule has 0 aliphatic heterocycles. The van der Waals surface area contributed by atoms with Gasteiger partial charge in [0.05, 0.1) is 12.7 Å². The molecule has 2 aromatic rings. The van der Waals surface area contributed by atoms with Crippen LogP contribution in [0.15, 0.2) is 47.4 Å². The van der Waals surface area contributed by atoms with Gasteiger partial charge in [-0.05, 0) is 48.7 Å². The number of nitrogens with one attached hydrogen (secondary N) is 2. The van der Waals surface area contributed by atoms with Crippen molar-refractivity contribution in [3.05, 3.63) is 59.2 Å². The van der Waals surface area contributed by atoms with Gasteiger partial charge in [0.25, 0.3) is 5.91 Å². The molecule has 156 valence electrons. The summed E-state index contributed by atoms with van der Waals surface area (Å²) >= 11 is 0. The van der Waals surface area contributed by atoms with Gasteiger partial charge >= 0.3 is 6.18 Å².